The SMILES string of the molecule is NC[CH]c1ncccc1C(N)=O. The van der Waals surface area contributed by atoms with Gasteiger partial charge < -0.3 is 11.5 Å². The van der Waals surface area contributed by atoms with Crippen LogP contribution >= 0.6 is 0 Å². The van der Waals surface area contributed by atoms with Gasteiger partial charge in [-0.15, -0.1) is 0 Å². The maximum absolute atomic E-state index is 10.8. The minimum absolute atomic E-state index is 0.345. The number of primary amides is 1. The Morgan fingerprint density at radius 3 is 3.00 bits per heavy atom. The van der Waals surface area contributed by atoms with Gasteiger partial charge in [0.2, 0.25) is 0 Å². The summed E-state index contributed by atoms with van der Waals surface area (Å²) >= 11 is 0. The Morgan fingerprint density at radius 2 is 2.42 bits per heavy atom. The van der Waals surface area contributed by atoms with Crippen LogP contribution in [0.15, 0.2) is 18.3 Å². The number of nitrogens with zero attached hydrogens (tertiary/aromatic N) is 1. The molecule has 1 heterocycles. The number of pyridine rings is 1. The van der Waals surface area contributed by atoms with Crippen LogP contribution in [0.3, 0.4) is 0 Å². The Bertz CT molecular complexity index is 285. The van der Waals surface area contributed by atoms with Crippen molar-refractivity contribution >= 4 is 5.91 Å². The summed E-state index contributed by atoms with van der Waals surface area (Å²) in [5, 5.41) is 0. The molecule has 12 heavy (non-hydrogen) atoms. The van der Waals surface area contributed by atoms with E-state index in [0.29, 0.717) is 17.8 Å². The van der Waals surface area contributed by atoms with E-state index in [1.54, 1.807) is 24.8 Å². The number of hydrogen-bond donors (Lipinski definition) is 2. The Kier molecular flexibility index (Phi) is 2.76. The maximum atomic E-state index is 10.8. The van der Waals surface area contributed by atoms with E-state index in [2.05, 4.69) is 4.98 Å². The highest BCUT2D eigenvalue weighted by Gasteiger charge is 2.06. The summed E-state index contributed by atoms with van der Waals surface area (Å²) in [6.45, 7) is 0.345. The second-order valence-electron chi connectivity index (χ2n) is 2.24. The molecule has 0 spiro atoms. The molecule has 0 atom stereocenters. The van der Waals surface area contributed by atoms with Crippen LogP contribution < -0.4 is 11.5 Å². The monoisotopic (exact) mass is 164 g/mol. The van der Waals surface area contributed by atoms with Crippen molar-refractivity contribution in [2.75, 3.05) is 6.54 Å². The summed E-state index contributed by atoms with van der Waals surface area (Å²) in [5.74, 6) is -0.484. The third kappa shape index (κ3) is 1.79. The van der Waals surface area contributed by atoms with Gasteiger partial charge in [0.15, 0.2) is 0 Å². The van der Waals surface area contributed by atoms with Crippen molar-refractivity contribution in [1.82, 2.24) is 4.98 Å². The van der Waals surface area contributed by atoms with Crippen LogP contribution in [0.2, 0.25) is 0 Å². The molecule has 0 saturated heterocycles. The van der Waals surface area contributed by atoms with Crippen LogP contribution in [0.25, 0.3) is 0 Å². The molecule has 63 valence electrons. The average molecular weight is 164 g/mol. The van der Waals surface area contributed by atoms with E-state index in [0.717, 1.165) is 0 Å². The lowest BCUT2D eigenvalue weighted by molar-refractivity contribution is 0.0999. The van der Waals surface area contributed by atoms with Gasteiger partial charge in [-0.2, -0.15) is 0 Å². The van der Waals surface area contributed by atoms with Gasteiger partial charge in [-0.1, -0.05) is 0 Å². The van der Waals surface area contributed by atoms with Crippen LogP contribution in [0.5, 0.6) is 0 Å². The Labute approximate surface area is 70.6 Å². The van der Waals surface area contributed by atoms with Crippen molar-refractivity contribution in [3.8, 4) is 0 Å². The van der Waals surface area contributed by atoms with Gasteiger partial charge in [-0.25, -0.2) is 0 Å². The van der Waals surface area contributed by atoms with Gasteiger partial charge >= 0.3 is 0 Å². The Morgan fingerprint density at radius 1 is 1.67 bits per heavy atom. The van der Waals surface area contributed by atoms with Crippen LogP contribution in [0.1, 0.15) is 16.1 Å². The summed E-state index contributed by atoms with van der Waals surface area (Å²) in [6, 6.07) is 3.28. The minimum Gasteiger partial charge on any atom is -0.366 e. The lowest BCUT2D eigenvalue weighted by Gasteiger charge is -2.01. The average Bonchev–Trinajstić information content (AvgIpc) is 2.05. The number of carbonyl (C=O) groups is 1. The van der Waals surface area contributed by atoms with Crippen molar-refractivity contribution in [1.29, 1.82) is 0 Å². The molecule has 1 amide bonds. The number of carbonyl (C=O) groups excluding carboxylic acids is 1. The zero-order chi connectivity index (χ0) is 8.97. The quantitative estimate of drug-likeness (QED) is 0.643. The van der Waals surface area contributed by atoms with E-state index in [-0.39, 0.29) is 0 Å². The molecule has 1 aromatic heterocycles. The molecular formula is C8H10N3O. The number of hydrogen-bond acceptors (Lipinski definition) is 3. The van der Waals surface area contributed by atoms with E-state index in [4.69, 9.17) is 11.5 Å². The highest BCUT2D eigenvalue weighted by atomic mass is 16.1. The van der Waals surface area contributed by atoms with Gasteiger partial charge in [0, 0.05) is 19.2 Å². The number of nitrogens with two attached hydrogens (primary N) is 2. The van der Waals surface area contributed by atoms with Crippen molar-refractivity contribution in [3.63, 3.8) is 0 Å². The maximum Gasteiger partial charge on any atom is 0.250 e. The number of amides is 1. The van der Waals surface area contributed by atoms with Gasteiger partial charge in [-0.3, -0.25) is 9.78 Å². The molecule has 0 bridgehead atoms. The molecule has 4 N–H and O–H groups in total. The molecule has 0 saturated carbocycles. The third-order valence-electron chi connectivity index (χ3n) is 1.42. The molecular weight excluding hydrogens is 154 g/mol. The number of rotatable bonds is 3. The van der Waals surface area contributed by atoms with Crippen LogP contribution in [0.4, 0.5) is 0 Å². The van der Waals surface area contributed by atoms with Crippen LogP contribution in [0, 0.1) is 6.42 Å². The fraction of sp³-hybridized carbons (Fsp3) is 0.125. The molecule has 0 aliphatic heterocycles. The summed E-state index contributed by atoms with van der Waals surface area (Å²) in [6.07, 6.45) is 3.24. The zero-order valence-corrected chi connectivity index (χ0v) is 6.53. The van der Waals surface area contributed by atoms with Crippen molar-refractivity contribution < 1.29 is 4.79 Å². The highest BCUT2D eigenvalue weighted by Crippen LogP contribution is 2.05. The van der Waals surface area contributed by atoms with Gasteiger partial charge in [-0.05, 0) is 12.1 Å². The first-order valence-electron chi connectivity index (χ1n) is 3.54. The summed E-state index contributed by atoms with van der Waals surface area (Å²) in [5.41, 5.74) is 11.3. The largest absolute Gasteiger partial charge is 0.366 e. The lowest BCUT2D eigenvalue weighted by atomic mass is 10.1. The summed E-state index contributed by atoms with van der Waals surface area (Å²) in [4.78, 5) is 14.8. The fourth-order valence-electron chi connectivity index (χ4n) is 0.900. The summed E-state index contributed by atoms with van der Waals surface area (Å²) < 4.78 is 0. The van der Waals surface area contributed by atoms with Crippen molar-refractivity contribution in [2.24, 2.45) is 11.5 Å². The number of aromatic nitrogens is 1. The van der Waals surface area contributed by atoms with Crippen LogP contribution in [-0.2, 0) is 0 Å². The van der Waals surface area contributed by atoms with E-state index in [1.807, 2.05) is 0 Å². The van der Waals surface area contributed by atoms with Crippen molar-refractivity contribution in [3.05, 3.63) is 36.0 Å². The predicted octanol–water partition coefficient (Wildman–Crippen LogP) is -0.308. The first-order valence-corrected chi connectivity index (χ1v) is 3.54. The molecule has 0 fully saturated rings. The Hall–Kier alpha value is -1.42. The lowest BCUT2D eigenvalue weighted by Crippen LogP contribution is -2.15. The van der Waals surface area contributed by atoms with E-state index < -0.39 is 5.91 Å². The van der Waals surface area contributed by atoms with Crippen LogP contribution in [-0.4, -0.2) is 17.4 Å². The zero-order valence-electron chi connectivity index (χ0n) is 6.53. The minimum atomic E-state index is -0.484. The Balaban J connectivity index is 3.00. The predicted molar refractivity (Wildman–Crippen MR) is 45.2 cm³/mol. The first kappa shape index (κ1) is 8.67. The third-order valence-corrected chi connectivity index (χ3v) is 1.42. The molecule has 1 aromatic rings. The highest BCUT2D eigenvalue weighted by molar-refractivity contribution is 5.94. The molecule has 1 rings (SSSR count). The second kappa shape index (κ2) is 3.82. The molecule has 0 aliphatic rings. The smallest absolute Gasteiger partial charge is 0.250 e. The van der Waals surface area contributed by atoms with E-state index in [1.165, 1.54) is 0 Å². The van der Waals surface area contributed by atoms with E-state index >= 15 is 0 Å². The standard InChI is InChI=1S/C8H10N3O/c9-4-3-7-6(8(10)12)2-1-5-11-7/h1-3,5H,4,9H2,(H2,10,12). The molecule has 4 nitrogen and oxygen atoms in total. The molecule has 4 heteroatoms. The normalized spacial score (nSPS) is 9.75. The van der Waals surface area contributed by atoms with Gasteiger partial charge in [0.1, 0.15) is 0 Å². The van der Waals surface area contributed by atoms with Crippen molar-refractivity contribution in [2.45, 2.75) is 0 Å². The van der Waals surface area contributed by atoms with Gasteiger partial charge in [0.05, 0.1) is 11.3 Å². The molecule has 0 aliphatic carbocycles. The fourth-order valence-corrected chi connectivity index (χ4v) is 0.900. The van der Waals surface area contributed by atoms with Gasteiger partial charge in [0.25, 0.3) is 5.91 Å². The molecule has 1 radical (unpaired) electrons. The topological polar surface area (TPSA) is 82.0 Å². The van der Waals surface area contributed by atoms with E-state index in [9.17, 15) is 4.79 Å². The molecule has 0 unspecified atom stereocenters. The summed E-state index contributed by atoms with van der Waals surface area (Å²) in [7, 11) is 0. The molecule has 0 aromatic carbocycles. The first-order chi connectivity index (χ1) is 5.75. The second-order valence-corrected chi connectivity index (χ2v) is 2.24.